The second-order valence-electron chi connectivity index (χ2n) is 8.13. The average molecular weight is 377 g/mol. The molecule has 0 bridgehead atoms. The van der Waals surface area contributed by atoms with Crippen LogP contribution in [0.4, 0.5) is 13.2 Å². The number of carbonyl (C=O) groups excluding carboxylic acids is 1. The maximum atomic E-state index is 12.7. The standard InChI is InChI=1S/C18H30F3N3O2/c19-18(20,21)14-24-8-4-5-15(16(24)25)23-11-9-22(10-12-23)13-17(26)6-2-1-3-7-17/h15,26H,1-14H2. The summed E-state index contributed by atoms with van der Waals surface area (Å²) in [6, 6.07) is -0.425. The molecule has 3 rings (SSSR count). The first kappa shape index (κ1) is 19.9. The third-order valence-electron chi connectivity index (χ3n) is 6.02. The fourth-order valence-electron chi connectivity index (χ4n) is 4.65. The van der Waals surface area contributed by atoms with E-state index in [0.717, 1.165) is 43.7 Å². The molecule has 0 radical (unpaired) electrons. The Labute approximate surface area is 153 Å². The van der Waals surface area contributed by atoms with Crippen LogP contribution in [-0.2, 0) is 4.79 Å². The first-order valence-electron chi connectivity index (χ1n) is 9.80. The van der Waals surface area contributed by atoms with Gasteiger partial charge in [0, 0.05) is 39.3 Å². The van der Waals surface area contributed by atoms with Crippen molar-refractivity contribution in [1.29, 1.82) is 0 Å². The Hall–Kier alpha value is -0.860. The van der Waals surface area contributed by atoms with Crippen LogP contribution in [-0.4, -0.2) is 89.3 Å². The Morgan fingerprint density at radius 2 is 1.65 bits per heavy atom. The molecular formula is C18H30F3N3O2. The molecule has 1 aliphatic carbocycles. The molecule has 1 unspecified atom stereocenters. The van der Waals surface area contributed by atoms with Gasteiger partial charge in [0.05, 0.1) is 11.6 Å². The lowest BCUT2D eigenvalue weighted by molar-refractivity contribution is -0.168. The number of amides is 1. The normalized spacial score (nSPS) is 29.2. The number of likely N-dealkylation sites (tertiary alicyclic amines) is 1. The van der Waals surface area contributed by atoms with Crippen molar-refractivity contribution in [2.45, 2.75) is 62.8 Å². The zero-order valence-electron chi connectivity index (χ0n) is 15.3. The zero-order chi connectivity index (χ0) is 18.8. The van der Waals surface area contributed by atoms with Crippen molar-refractivity contribution in [3.8, 4) is 0 Å². The van der Waals surface area contributed by atoms with E-state index in [1.807, 2.05) is 4.90 Å². The van der Waals surface area contributed by atoms with Crippen LogP contribution >= 0.6 is 0 Å². The Kier molecular flexibility index (Phi) is 6.14. The minimum absolute atomic E-state index is 0.196. The molecule has 150 valence electrons. The summed E-state index contributed by atoms with van der Waals surface area (Å²) in [6.07, 6.45) is 1.94. The minimum Gasteiger partial charge on any atom is -0.389 e. The van der Waals surface area contributed by atoms with E-state index >= 15 is 0 Å². The van der Waals surface area contributed by atoms with Crippen LogP contribution in [0.15, 0.2) is 0 Å². The summed E-state index contributed by atoms with van der Waals surface area (Å²) in [6.45, 7) is 2.58. The molecule has 2 heterocycles. The monoisotopic (exact) mass is 377 g/mol. The summed E-state index contributed by atoms with van der Waals surface area (Å²) >= 11 is 0. The van der Waals surface area contributed by atoms with Gasteiger partial charge >= 0.3 is 6.18 Å². The lowest BCUT2D eigenvalue weighted by Crippen LogP contribution is -2.59. The molecule has 0 aromatic heterocycles. The van der Waals surface area contributed by atoms with Crippen LogP contribution in [0.3, 0.4) is 0 Å². The topological polar surface area (TPSA) is 47.0 Å². The maximum absolute atomic E-state index is 12.7. The highest BCUT2D eigenvalue weighted by Crippen LogP contribution is 2.29. The highest BCUT2D eigenvalue weighted by molar-refractivity contribution is 5.82. The van der Waals surface area contributed by atoms with Gasteiger partial charge in [0.25, 0.3) is 0 Å². The fourth-order valence-corrected chi connectivity index (χ4v) is 4.65. The van der Waals surface area contributed by atoms with Gasteiger partial charge in [0.1, 0.15) is 6.54 Å². The molecule has 1 N–H and O–H groups in total. The van der Waals surface area contributed by atoms with Gasteiger partial charge in [-0.15, -0.1) is 0 Å². The number of β-amino-alcohol motifs (C(OH)–C–C–N with tert-alkyl or cyclic N) is 1. The Balaban J connectivity index is 1.50. The quantitative estimate of drug-likeness (QED) is 0.812. The zero-order valence-corrected chi connectivity index (χ0v) is 15.3. The first-order valence-corrected chi connectivity index (χ1v) is 9.80. The molecular weight excluding hydrogens is 347 g/mol. The highest BCUT2D eigenvalue weighted by Gasteiger charge is 2.40. The average Bonchev–Trinajstić information content (AvgIpc) is 2.57. The van der Waals surface area contributed by atoms with Gasteiger partial charge in [-0.3, -0.25) is 14.6 Å². The molecule has 0 spiro atoms. The van der Waals surface area contributed by atoms with Crippen LogP contribution in [0, 0.1) is 0 Å². The molecule has 1 amide bonds. The van der Waals surface area contributed by atoms with E-state index in [2.05, 4.69) is 4.90 Å². The molecule has 5 nitrogen and oxygen atoms in total. The van der Waals surface area contributed by atoms with Crippen molar-refractivity contribution >= 4 is 5.91 Å². The van der Waals surface area contributed by atoms with Gasteiger partial charge in [-0.25, -0.2) is 0 Å². The van der Waals surface area contributed by atoms with Crippen molar-refractivity contribution in [1.82, 2.24) is 14.7 Å². The van der Waals surface area contributed by atoms with Gasteiger partial charge in [-0.1, -0.05) is 19.3 Å². The number of carbonyl (C=O) groups is 1. The van der Waals surface area contributed by atoms with Crippen molar-refractivity contribution in [3.05, 3.63) is 0 Å². The van der Waals surface area contributed by atoms with Crippen LogP contribution in [0.2, 0.25) is 0 Å². The number of nitrogens with zero attached hydrogens (tertiary/aromatic N) is 3. The van der Waals surface area contributed by atoms with Gasteiger partial charge in [-0.05, 0) is 25.7 Å². The van der Waals surface area contributed by atoms with Crippen LogP contribution < -0.4 is 0 Å². The van der Waals surface area contributed by atoms with Gasteiger partial charge in [-0.2, -0.15) is 13.2 Å². The molecule has 2 aliphatic heterocycles. The third kappa shape index (κ3) is 5.10. The fraction of sp³-hybridized carbons (Fsp3) is 0.944. The second-order valence-corrected chi connectivity index (χ2v) is 8.13. The maximum Gasteiger partial charge on any atom is 0.406 e. The number of piperidine rings is 1. The number of rotatable bonds is 4. The predicted octanol–water partition coefficient (Wildman–Crippen LogP) is 1.85. The second kappa shape index (κ2) is 8.02. The lowest BCUT2D eigenvalue weighted by Gasteiger charge is -2.44. The Bertz CT molecular complexity index is 487. The van der Waals surface area contributed by atoms with Crippen LogP contribution in [0.1, 0.15) is 44.9 Å². The van der Waals surface area contributed by atoms with E-state index in [-0.39, 0.29) is 12.5 Å². The van der Waals surface area contributed by atoms with Crippen molar-refractivity contribution in [3.63, 3.8) is 0 Å². The minimum atomic E-state index is -4.34. The third-order valence-corrected chi connectivity index (χ3v) is 6.02. The highest BCUT2D eigenvalue weighted by atomic mass is 19.4. The molecule has 1 saturated carbocycles. The number of piperazine rings is 1. The molecule has 3 aliphatic rings. The van der Waals surface area contributed by atoms with Crippen molar-refractivity contribution in [2.24, 2.45) is 0 Å². The van der Waals surface area contributed by atoms with Crippen LogP contribution in [0.25, 0.3) is 0 Å². The van der Waals surface area contributed by atoms with Gasteiger partial charge in [0.2, 0.25) is 5.91 Å². The Morgan fingerprint density at radius 1 is 1.00 bits per heavy atom. The van der Waals surface area contributed by atoms with E-state index in [9.17, 15) is 23.1 Å². The van der Waals surface area contributed by atoms with E-state index < -0.39 is 24.4 Å². The molecule has 0 aromatic rings. The molecule has 26 heavy (non-hydrogen) atoms. The number of alkyl halides is 3. The summed E-state index contributed by atoms with van der Waals surface area (Å²) in [4.78, 5) is 17.7. The lowest BCUT2D eigenvalue weighted by atomic mass is 9.84. The SMILES string of the molecule is O=C1C(N2CCN(CC3(O)CCCCC3)CC2)CCCN1CC(F)(F)F. The molecule has 1 atom stereocenters. The summed E-state index contributed by atoms with van der Waals surface area (Å²) < 4.78 is 38.0. The van der Waals surface area contributed by atoms with E-state index in [1.165, 1.54) is 6.42 Å². The largest absolute Gasteiger partial charge is 0.406 e. The molecule has 2 saturated heterocycles. The summed E-state index contributed by atoms with van der Waals surface area (Å²) in [5, 5.41) is 10.7. The smallest absolute Gasteiger partial charge is 0.389 e. The first-order chi connectivity index (χ1) is 12.3. The predicted molar refractivity (Wildman–Crippen MR) is 91.7 cm³/mol. The summed E-state index contributed by atoms with van der Waals surface area (Å²) in [5.41, 5.74) is -0.593. The van der Waals surface area contributed by atoms with E-state index in [4.69, 9.17) is 0 Å². The van der Waals surface area contributed by atoms with E-state index in [1.54, 1.807) is 0 Å². The summed E-state index contributed by atoms with van der Waals surface area (Å²) in [5.74, 6) is -0.382. The number of hydrogen-bond acceptors (Lipinski definition) is 4. The van der Waals surface area contributed by atoms with E-state index in [0.29, 0.717) is 32.5 Å². The molecule has 8 heteroatoms. The molecule has 0 aromatic carbocycles. The van der Waals surface area contributed by atoms with Crippen molar-refractivity contribution in [2.75, 3.05) is 45.8 Å². The number of hydrogen-bond donors (Lipinski definition) is 1. The van der Waals surface area contributed by atoms with Gasteiger partial charge in [0.15, 0.2) is 0 Å². The number of halogens is 3. The van der Waals surface area contributed by atoms with Crippen LogP contribution in [0.5, 0.6) is 0 Å². The van der Waals surface area contributed by atoms with Gasteiger partial charge < -0.3 is 10.0 Å². The van der Waals surface area contributed by atoms with Crippen molar-refractivity contribution < 1.29 is 23.1 Å². The number of aliphatic hydroxyl groups is 1. The Morgan fingerprint density at radius 3 is 2.27 bits per heavy atom. The molecule has 3 fully saturated rings. The summed E-state index contributed by atoms with van der Waals surface area (Å²) in [7, 11) is 0.